The van der Waals surface area contributed by atoms with Crippen LogP contribution < -0.4 is 10.3 Å². The quantitative estimate of drug-likeness (QED) is 0.419. The lowest BCUT2D eigenvalue weighted by Gasteiger charge is -2.45. The second-order valence-corrected chi connectivity index (χ2v) is 9.08. The Labute approximate surface area is 182 Å². The summed E-state index contributed by atoms with van der Waals surface area (Å²) in [7, 11) is 2.11. The highest BCUT2D eigenvalue weighted by molar-refractivity contribution is 6.33. The summed E-state index contributed by atoms with van der Waals surface area (Å²) in [6.45, 7) is 6.74. The summed E-state index contributed by atoms with van der Waals surface area (Å²) >= 11 is 6.53. The van der Waals surface area contributed by atoms with E-state index in [2.05, 4.69) is 49.3 Å². The summed E-state index contributed by atoms with van der Waals surface area (Å²) in [6.07, 6.45) is 2.68. The summed E-state index contributed by atoms with van der Waals surface area (Å²) < 4.78 is 0. The number of benzene rings is 3. The van der Waals surface area contributed by atoms with Crippen LogP contribution in [0.2, 0.25) is 5.02 Å². The molecule has 3 aromatic carbocycles. The average Bonchev–Trinajstić information content (AvgIpc) is 2.72. The number of carbonyl (C=O) groups excluding carboxylic acids is 1. The van der Waals surface area contributed by atoms with E-state index in [1.54, 1.807) is 12.3 Å². The minimum absolute atomic E-state index is 0.0825. The molecule has 4 rings (SSSR count). The van der Waals surface area contributed by atoms with Crippen molar-refractivity contribution in [2.45, 2.75) is 38.6 Å². The van der Waals surface area contributed by atoms with E-state index in [-0.39, 0.29) is 11.4 Å². The predicted octanol–water partition coefficient (Wildman–Crippen LogP) is 5.98. The van der Waals surface area contributed by atoms with Gasteiger partial charge in [0, 0.05) is 29.4 Å². The van der Waals surface area contributed by atoms with Crippen LogP contribution in [0.5, 0.6) is 0 Å². The fourth-order valence-electron chi connectivity index (χ4n) is 4.26. The Hall–Kier alpha value is -2.85. The van der Waals surface area contributed by atoms with E-state index in [4.69, 9.17) is 11.6 Å². The minimum Gasteiger partial charge on any atom is -0.369 e. The third-order valence-electron chi connectivity index (χ3n) is 6.13. The Balaban J connectivity index is 1.54. The number of amides is 1. The van der Waals surface area contributed by atoms with Gasteiger partial charge in [-0.15, -0.1) is 0 Å². The molecule has 0 spiro atoms. The highest BCUT2D eigenvalue weighted by Gasteiger charge is 2.34. The van der Waals surface area contributed by atoms with Gasteiger partial charge in [0.15, 0.2) is 0 Å². The molecule has 30 heavy (non-hydrogen) atoms. The molecule has 0 saturated heterocycles. The van der Waals surface area contributed by atoms with Crippen molar-refractivity contribution in [3.05, 3.63) is 76.3 Å². The molecule has 1 amide bonds. The number of nitrogens with one attached hydrogen (secondary N) is 1. The summed E-state index contributed by atoms with van der Waals surface area (Å²) in [6, 6.07) is 17.6. The van der Waals surface area contributed by atoms with Crippen LogP contribution in [0.3, 0.4) is 0 Å². The molecule has 1 atom stereocenters. The van der Waals surface area contributed by atoms with E-state index >= 15 is 0 Å². The zero-order valence-electron chi connectivity index (χ0n) is 17.7. The van der Waals surface area contributed by atoms with Crippen molar-refractivity contribution in [1.29, 1.82) is 0 Å². The van der Waals surface area contributed by atoms with E-state index in [0.717, 1.165) is 28.4 Å². The normalized spacial score (nSPS) is 17.9. The molecule has 1 heterocycles. The highest BCUT2D eigenvalue weighted by Crippen LogP contribution is 2.44. The molecule has 0 aromatic heterocycles. The average molecular weight is 420 g/mol. The van der Waals surface area contributed by atoms with Crippen LogP contribution in [0.15, 0.2) is 59.7 Å². The van der Waals surface area contributed by atoms with Crippen molar-refractivity contribution >= 4 is 40.2 Å². The molecule has 5 heteroatoms. The Bertz CT molecular complexity index is 1150. The van der Waals surface area contributed by atoms with Gasteiger partial charge in [0.1, 0.15) is 0 Å². The summed E-state index contributed by atoms with van der Waals surface area (Å²) in [5.74, 6) is 0.170. The van der Waals surface area contributed by atoms with Gasteiger partial charge in [-0.3, -0.25) is 4.79 Å². The van der Waals surface area contributed by atoms with Crippen LogP contribution in [0.25, 0.3) is 10.8 Å². The molecule has 3 aromatic rings. The molecular weight excluding hydrogens is 394 g/mol. The van der Waals surface area contributed by atoms with Crippen molar-refractivity contribution in [2.75, 3.05) is 11.9 Å². The van der Waals surface area contributed by atoms with Gasteiger partial charge in [-0.05, 0) is 66.8 Å². The van der Waals surface area contributed by atoms with Crippen LogP contribution in [-0.2, 0) is 0 Å². The maximum absolute atomic E-state index is 12.5. The standard InChI is InChI=1S/C25H26ClN3O/c1-16-14-25(2,3)29(4)23-13-22(26)20(12-21(16)23)15-27-28-24(30)19-10-9-17-7-5-6-8-18(17)11-19/h5-13,15-16H,14H2,1-4H3,(H,28,30)/b27-15+. The molecule has 154 valence electrons. The van der Waals surface area contributed by atoms with E-state index in [9.17, 15) is 4.79 Å². The number of nitrogens with zero attached hydrogens (tertiary/aromatic N) is 2. The summed E-state index contributed by atoms with van der Waals surface area (Å²) in [4.78, 5) is 14.8. The van der Waals surface area contributed by atoms with Crippen LogP contribution in [0.1, 0.15) is 54.6 Å². The van der Waals surface area contributed by atoms with Gasteiger partial charge in [-0.25, -0.2) is 5.43 Å². The molecule has 1 N–H and O–H groups in total. The number of fused-ring (bicyclic) bond motifs is 2. The van der Waals surface area contributed by atoms with Gasteiger partial charge in [-0.1, -0.05) is 48.9 Å². The number of hydrogen-bond donors (Lipinski definition) is 1. The Morgan fingerprint density at radius 3 is 2.67 bits per heavy atom. The zero-order chi connectivity index (χ0) is 21.5. The van der Waals surface area contributed by atoms with Gasteiger partial charge in [-0.2, -0.15) is 5.10 Å². The summed E-state index contributed by atoms with van der Waals surface area (Å²) in [5, 5.41) is 6.90. The smallest absolute Gasteiger partial charge is 0.271 e. The predicted molar refractivity (Wildman–Crippen MR) is 126 cm³/mol. The molecule has 1 unspecified atom stereocenters. The number of halogens is 1. The third kappa shape index (κ3) is 3.80. The van der Waals surface area contributed by atoms with Gasteiger partial charge in [0.05, 0.1) is 11.2 Å². The molecule has 0 fully saturated rings. The minimum atomic E-state index is -0.249. The van der Waals surface area contributed by atoms with Gasteiger partial charge in [0.25, 0.3) is 5.91 Å². The van der Waals surface area contributed by atoms with Gasteiger partial charge < -0.3 is 4.90 Å². The molecule has 0 radical (unpaired) electrons. The van der Waals surface area contributed by atoms with Crippen LogP contribution in [0.4, 0.5) is 5.69 Å². The Morgan fingerprint density at radius 1 is 1.17 bits per heavy atom. The Kier molecular flexibility index (Phi) is 5.29. The zero-order valence-corrected chi connectivity index (χ0v) is 18.5. The number of anilines is 1. The molecule has 0 saturated carbocycles. The molecule has 0 bridgehead atoms. The largest absolute Gasteiger partial charge is 0.369 e. The first-order valence-electron chi connectivity index (χ1n) is 10.2. The van der Waals surface area contributed by atoms with Crippen molar-refractivity contribution in [3.8, 4) is 0 Å². The SMILES string of the molecule is CC1CC(C)(C)N(C)c2cc(Cl)c(/C=N/NC(=O)c3ccc4ccccc4c3)cc21. The number of hydrazone groups is 1. The number of hydrogen-bond acceptors (Lipinski definition) is 3. The van der Waals surface area contributed by atoms with Crippen molar-refractivity contribution in [2.24, 2.45) is 5.10 Å². The Morgan fingerprint density at radius 2 is 1.90 bits per heavy atom. The molecule has 0 aliphatic carbocycles. The fraction of sp³-hybridized carbons (Fsp3) is 0.280. The second-order valence-electron chi connectivity index (χ2n) is 8.67. The fourth-order valence-corrected chi connectivity index (χ4v) is 4.47. The molecule has 4 nitrogen and oxygen atoms in total. The highest BCUT2D eigenvalue weighted by atomic mass is 35.5. The van der Waals surface area contributed by atoms with Crippen molar-refractivity contribution in [1.82, 2.24) is 5.43 Å². The monoisotopic (exact) mass is 419 g/mol. The first kappa shape index (κ1) is 20.4. The summed E-state index contributed by atoms with van der Waals surface area (Å²) in [5.41, 5.74) is 6.47. The second kappa shape index (κ2) is 7.77. The van der Waals surface area contributed by atoms with Crippen molar-refractivity contribution < 1.29 is 4.79 Å². The van der Waals surface area contributed by atoms with E-state index in [1.165, 1.54) is 5.56 Å². The van der Waals surface area contributed by atoms with E-state index < -0.39 is 0 Å². The van der Waals surface area contributed by atoms with E-state index in [1.807, 2.05) is 42.5 Å². The van der Waals surface area contributed by atoms with Gasteiger partial charge >= 0.3 is 0 Å². The van der Waals surface area contributed by atoms with Crippen LogP contribution in [0, 0.1) is 0 Å². The van der Waals surface area contributed by atoms with Crippen LogP contribution in [-0.4, -0.2) is 24.7 Å². The van der Waals surface area contributed by atoms with Crippen LogP contribution >= 0.6 is 11.6 Å². The number of carbonyl (C=O) groups is 1. The molecular formula is C25H26ClN3O. The van der Waals surface area contributed by atoms with E-state index in [0.29, 0.717) is 16.5 Å². The van der Waals surface area contributed by atoms with Crippen molar-refractivity contribution in [3.63, 3.8) is 0 Å². The third-order valence-corrected chi connectivity index (χ3v) is 6.46. The first-order valence-corrected chi connectivity index (χ1v) is 10.5. The first-order chi connectivity index (χ1) is 14.3. The lowest BCUT2D eigenvalue weighted by molar-refractivity contribution is 0.0955. The molecule has 1 aliphatic heterocycles. The van der Waals surface area contributed by atoms with Gasteiger partial charge in [0.2, 0.25) is 0 Å². The maximum atomic E-state index is 12.5. The molecule has 1 aliphatic rings. The maximum Gasteiger partial charge on any atom is 0.271 e. The lowest BCUT2D eigenvalue weighted by atomic mass is 9.80. The lowest BCUT2D eigenvalue weighted by Crippen LogP contribution is -2.45. The topological polar surface area (TPSA) is 44.7 Å². The number of rotatable bonds is 3.